The lowest BCUT2D eigenvalue weighted by Crippen LogP contribution is -2.11. The maximum Gasteiger partial charge on any atom is 0.255 e. The average Bonchev–Trinajstić information content (AvgIpc) is 2.76. The van der Waals surface area contributed by atoms with E-state index in [1.807, 2.05) is 43.3 Å². The molecule has 3 aromatic carbocycles. The first-order chi connectivity index (χ1) is 14.6. The van der Waals surface area contributed by atoms with Gasteiger partial charge < -0.3 is 10.6 Å². The van der Waals surface area contributed by atoms with Crippen molar-refractivity contribution in [1.82, 2.24) is 9.97 Å². The van der Waals surface area contributed by atoms with Gasteiger partial charge in [0.15, 0.2) is 5.82 Å². The smallest absolute Gasteiger partial charge is 0.255 e. The van der Waals surface area contributed by atoms with Crippen molar-refractivity contribution >= 4 is 34.7 Å². The van der Waals surface area contributed by atoms with Crippen LogP contribution in [-0.4, -0.2) is 15.9 Å². The van der Waals surface area contributed by atoms with Gasteiger partial charge in [-0.2, -0.15) is 0 Å². The fourth-order valence-electron chi connectivity index (χ4n) is 2.86. The van der Waals surface area contributed by atoms with E-state index in [4.69, 9.17) is 11.6 Å². The van der Waals surface area contributed by atoms with E-state index in [9.17, 15) is 4.79 Å². The van der Waals surface area contributed by atoms with E-state index in [1.165, 1.54) is 5.56 Å². The van der Waals surface area contributed by atoms with E-state index >= 15 is 0 Å². The predicted octanol–water partition coefficient (Wildman–Crippen LogP) is 6.10. The third-order valence-corrected chi connectivity index (χ3v) is 4.74. The zero-order valence-electron chi connectivity index (χ0n) is 16.3. The highest BCUT2D eigenvalue weighted by atomic mass is 35.5. The van der Waals surface area contributed by atoms with Crippen LogP contribution in [0.3, 0.4) is 0 Å². The van der Waals surface area contributed by atoms with Gasteiger partial charge in [0, 0.05) is 33.7 Å². The molecule has 0 radical (unpaired) electrons. The summed E-state index contributed by atoms with van der Waals surface area (Å²) in [7, 11) is 0. The van der Waals surface area contributed by atoms with Gasteiger partial charge in [0.05, 0.1) is 0 Å². The number of hydrogen-bond acceptors (Lipinski definition) is 4. The molecule has 0 atom stereocenters. The van der Waals surface area contributed by atoms with Crippen LogP contribution in [0.1, 0.15) is 15.9 Å². The molecule has 0 aliphatic heterocycles. The van der Waals surface area contributed by atoms with Crippen LogP contribution in [0.5, 0.6) is 0 Å². The highest BCUT2D eigenvalue weighted by Crippen LogP contribution is 2.20. The Hall–Kier alpha value is -3.70. The van der Waals surface area contributed by atoms with Crippen LogP contribution in [0.15, 0.2) is 85.1 Å². The third kappa shape index (κ3) is 4.82. The van der Waals surface area contributed by atoms with Crippen molar-refractivity contribution in [3.63, 3.8) is 0 Å². The summed E-state index contributed by atoms with van der Waals surface area (Å²) in [5.74, 6) is 1.14. The molecular weight excluding hydrogens is 396 g/mol. The molecule has 0 fully saturated rings. The second kappa shape index (κ2) is 8.76. The first-order valence-corrected chi connectivity index (χ1v) is 9.79. The highest BCUT2D eigenvalue weighted by molar-refractivity contribution is 6.30. The summed E-state index contributed by atoms with van der Waals surface area (Å²) in [5.41, 5.74) is 4.22. The molecule has 4 aromatic rings. The molecule has 1 amide bonds. The van der Waals surface area contributed by atoms with Gasteiger partial charge in [-0.25, -0.2) is 9.97 Å². The molecule has 1 heterocycles. The predicted molar refractivity (Wildman–Crippen MR) is 121 cm³/mol. The maximum absolute atomic E-state index is 12.4. The SMILES string of the molecule is Cc1ccc(-c2nccc(Nc3ccc(C(=O)Nc4ccc(Cl)cc4)cc3)n2)cc1. The Labute approximate surface area is 179 Å². The quantitative estimate of drug-likeness (QED) is 0.414. The first-order valence-electron chi connectivity index (χ1n) is 9.41. The van der Waals surface area contributed by atoms with Crippen LogP contribution >= 0.6 is 11.6 Å². The minimum absolute atomic E-state index is 0.187. The van der Waals surface area contributed by atoms with Crippen molar-refractivity contribution in [2.24, 2.45) is 0 Å². The largest absolute Gasteiger partial charge is 0.340 e. The van der Waals surface area contributed by atoms with E-state index in [1.54, 1.807) is 48.7 Å². The summed E-state index contributed by atoms with van der Waals surface area (Å²) >= 11 is 5.87. The molecule has 0 bridgehead atoms. The molecule has 0 saturated heterocycles. The fourth-order valence-corrected chi connectivity index (χ4v) is 2.99. The summed E-state index contributed by atoms with van der Waals surface area (Å²) in [6, 6.07) is 24.1. The molecule has 0 aliphatic rings. The average molecular weight is 415 g/mol. The van der Waals surface area contributed by atoms with Crippen molar-refractivity contribution in [2.45, 2.75) is 6.92 Å². The number of carbonyl (C=O) groups is 1. The molecule has 30 heavy (non-hydrogen) atoms. The summed E-state index contributed by atoms with van der Waals surface area (Å²) in [6.45, 7) is 2.04. The molecular formula is C24H19ClN4O. The highest BCUT2D eigenvalue weighted by Gasteiger charge is 2.07. The molecule has 2 N–H and O–H groups in total. The minimum atomic E-state index is -0.187. The molecule has 5 nitrogen and oxygen atoms in total. The fraction of sp³-hybridized carbons (Fsp3) is 0.0417. The van der Waals surface area contributed by atoms with Crippen molar-refractivity contribution in [3.05, 3.63) is 101 Å². The molecule has 0 spiro atoms. The van der Waals surface area contributed by atoms with E-state index in [0.717, 1.165) is 11.3 Å². The Bertz CT molecular complexity index is 1160. The topological polar surface area (TPSA) is 66.9 Å². The lowest BCUT2D eigenvalue weighted by molar-refractivity contribution is 0.102. The van der Waals surface area contributed by atoms with Crippen LogP contribution in [-0.2, 0) is 0 Å². The normalized spacial score (nSPS) is 10.5. The molecule has 4 rings (SSSR count). The molecule has 0 unspecified atom stereocenters. The van der Waals surface area contributed by atoms with Crippen LogP contribution in [0.2, 0.25) is 5.02 Å². The third-order valence-electron chi connectivity index (χ3n) is 4.49. The van der Waals surface area contributed by atoms with Gasteiger partial charge in [-0.15, -0.1) is 0 Å². The Morgan fingerprint density at radius 3 is 2.20 bits per heavy atom. The van der Waals surface area contributed by atoms with Crippen molar-refractivity contribution < 1.29 is 4.79 Å². The number of amides is 1. The van der Waals surface area contributed by atoms with Crippen molar-refractivity contribution in [1.29, 1.82) is 0 Å². The number of nitrogens with one attached hydrogen (secondary N) is 2. The molecule has 0 aliphatic carbocycles. The number of aromatic nitrogens is 2. The van der Waals surface area contributed by atoms with Gasteiger partial charge in [0.1, 0.15) is 5.82 Å². The number of rotatable bonds is 5. The van der Waals surface area contributed by atoms with Gasteiger partial charge in [-0.3, -0.25) is 4.79 Å². The maximum atomic E-state index is 12.4. The van der Waals surface area contributed by atoms with Gasteiger partial charge in [0.25, 0.3) is 5.91 Å². The number of benzene rings is 3. The summed E-state index contributed by atoms with van der Waals surface area (Å²) in [4.78, 5) is 21.3. The lowest BCUT2D eigenvalue weighted by atomic mass is 10.1. The Morgan fingerprint density at radius 1 is 0.833 bits per heavy atom. The Balaban J connectivity index is 1.44. The van der Waals surface area contributed by atoms with Crippen LogP contribution in [0, 0.1) is 6.92 Å². The zero-order valence-corrected chi connectivity index (χ0v) is 17.0. The number of aryl methyl sites for hydroxylation is 1. The summed E-state index contributed by atoms with van der Waals surface area (Å²) < 4.78 is 0. The molecule has 6 heteroatoms. The lowest BCUT2D eigenvalue weighted by Gasteiger charge is -2.09. The molecule has 1 aromatic heterocycles. The van der Waals surface area contributed by atoms with Crippen LogP contribution in [0.25, 0.3) is 11.4 Å². The van der Waals surface area contributed by atoms with Gasteiger partial charge in [-0.05, 0) is 61.5 Å². The number of hydrogen-bond donors (Lipinski definition) is 2. The molecule has 148 valence electrons. The van der Waals surface area contributed by atoms with E-state index in [2.05, 4.69) is 20.6 Å². The summed E-state index contributed by atoms with van der Waals surface area (Å²) in [6.07, 6.45) is 1.72. The standard InChI is InChI=1S/C24H19ClN4O/c1-16-2-4-17(5-3-16)23-26-15-14-22(29-23)27-20-10-6-18(7-11-20)24(30)28-21-12-8-19(25)9-13-21/h2-15H,1H3,(H,28,30)(H,26,27,29). The minimum Gasteiger partial charge on any atom is -0.340 e. The number of anilines is 3. The van der Waals surface area contributed by atoms with Crippen LogP contribution in [0.4, 0.5) is 17.2 Å². The van der Waals surface area contributed by atoms with Crippen molar-refractivity contribution in [3.8, 4) is 11.4 Å². The number of halogens is 1. The van der Waals surface area contributed by atoms with Gasteiger partial charge in [-0.1, -0.05) is 41.4 Å². The van der Waals surface area contributed by atoms with E-state index in [0.29, 0.717) is 27.9 Å². The van der Waals surface area contributed by atoms with Crippen LogP contribution < -0.4 is 10.6 Å². The van der Waals surface area contributed by atoms with Gasteiger partial charge in [0.2, 0.25) is 0 Å². The number of carbonyl (C=O) groups excluding carboxylic acids is 1. The van der Waals surface area contributed by atoms with E-state index in [-0.39, 0.29) is 5.91 Å². The second-order valence-electron chi connectivity index (χ2n) is 6.79. The second-order valence-corrected chi connectivity index (χ2v) is 7.23. The zero-order chi connectivity index (χ0) is 20.9. The number of nitrogens with zero attached hydrogens (tertiary/aromatic N) is 2. The monoisotopic (exact) mass is 414 g/mol. The first kappa shape index (κ1) is 19.6. The summed E-state index contributed by atoms with van der Waals surface area (Å²) in [5, 5.41) is 6.72. The van der Waals surface area contributed by atoms with Gasteiger partial charge >= 0.3 is 0 Å². The Kier molecular flexibility index (Phi) is 5.72. The molecule has 0 saturated carbocycles. The Morgan fingerprint density at radius 2 is 1.50 bits per heavy atom. The van der Waals surface area contributed by atoms with E-state index < -0.39 is 0 Å². The van der Waals surface area contributed by atoms with Crippen molar-refractivity contribution in [2.75, 3.05) is 10.6 Å².